The van der Waals surface area contributed by atoms with E-state index in [4.69, 9.17) is 0 Å². The Morgan fingerprint density at radius 2 is 1.68 bits per heavy atom. The highest BCUT2D eigenvalue weighted by atomic mass is 32.2. The molecular formula is C23H25F2N5O3S. The van der Waals surface area contributed by atoms with Crippen LogP contribution in [-0.4, -0.2) is 54.6 Å². The number of aromatic nitrogens is 2. The van der Waals surface area contributed by atoms with Crippen molar-refractivity contribution in [3.8, 4) is 0 Å². The molecule has 34 heavy (non-hydrogen) atoms. The van der Waals surface area contributed by atoms with E-state index in [0.29, 0.717) is 19.2 Å². The van der Waals surface area contributed by atoms with Crippen LogP contribution < -0.4 is 10.2 Å². The Morgan fingerprint density at radius 1 is 1.03 bits per heavy atom. The van der Waals surface area contributed by atoms with Crippen LogP contribution in [0, 0.1) is 25.5 Å². The lowest BCUT2D eigenvalue weighted by Crippen LogP contribution is -2.49. The van der Waals surface area contributed by atoms with Gasteiger partial charge in [-0.1, -0.05) is 12.1 Å². The summed E-state index contributed by atoms with van der Waals surface area (Å²) in [6, 6.07) is 8.59. The van der Waals surface area contributed by atoms with Gasteiger partial charge in [0.15, 0.2) is 0 Å². The van der Waals surface area contributed by atoms with E-state index < -0.39 is 32.6 Å². The number of piperazine rings is 1. The molecule has 180 valence electrons. The van der Waals surface area contributed by atoms with Crippen LogP contribution >= 0.6 is 0 Å². The number of hydrogen-bond donors (Lipinski definition) is 1. The van der Waals surface area contributed by atoms with Gasteiger partial charge in [-0.3, -0.25) is 9.48 Å². The van der Waals surface area contributed by atoms with Gasteiger partial charge in [0.25, 0.3) is 15.9 Å². The summed E-state index contributed by atoms with van der Waals surface area (Å²) in [7, 11) is -2.59. The Bertz CT molecular complexity index is 1330. The highest BCUT2D eigenvalue weighted by molar-refractivity contribution is 7.89. The fraction of sp³-hybridized carbons (Fsp3) is 0.304. The minimum absolute atomic E-state index is 0.128. The molecule has 1 aliphatic rings. The number of aryl methyl sites for hydroxylation is 2. The maximum Gasteiger partial charge on any atom is 0.263 e. The van der Waals surface area contributed by atoms with Crippen molar-refractivity contribution in [1.82, 2.24) is 14.1 Å². The topological polar surface area (TPSA) is 87.5 Å². The van der Waals surface area contributed by atoms with Gasteiger partial charge >= 0.3 is 0 Å². The smallest absolute Gasteiger partial charge is 0.263 e. The summed E-state index contributed by atoms with van der Waals surface area (Å²) in [6.07, 6.45) is 1.27. The van der Waals surface area contributed by atoms with E-state index in [1.807, 2.05) is 32.0 Å². The summed E-state index contributed by atoms with van der Waals surface area (Å²) in [5, 5.41) is 5.97. The fourth-order valence-electron chi connectivity index (χ4n) is 4.01. The van der Waals surface area contributed by atoms with Crippen molar-refractivity contribution in [2.75, 3.05) is 36.4 Å². The molecule has 0 saturated carbocycles. The lowest BCUT2D eigenvalue weighted by atomic mass is 10.1. The molecule has 11 heteroatoms. The zero-order chi connectivity index (χ0) is 24.6. The second kappa shape index (κ2) is 9.15. The summed E-state index contributed by atoms with van der Waals surface area (Å²) >= 11 is 0. The van der Waals surface area contributed by atoms with Crippen molar-refractivity contribution < 1.29 is 22.0 Å². The molecule has 1 fully saturated rings. The average Bonchev–Trinajstić information content (AvgIpc) is 3.18. The number of nitrogens with one attached hydrogen (secondary N) is 1. The first-order valence-corrected chi connectivity index (χ1v) is 12.1. The summed E-state index contributed by atoms with van der Waals surface area (Å²) in [5.41, 5.74) is 3.05. The number of halogens is 2. The summed E-state index contributed by atoms with van der Waals surface area (Å²) in [4.78, 5) is 14.9. The lowest BCUT2D eigenvalue weighted by Gasteiger charge is -2.36. The minimum atomic E-state index is -4.08. The molecule has 2 heterocycles. The van der Waals surface area contributed by atoms with E-state index >= 15 is 0 Å². The van der Waals surface area contributed by atoms with Crippen molar-refractivity contribution in [2.24, 2.45) is 7.05 Å². The normalized spacial score (nSPS) is 14.9. The molecular weight excluding hydrogens is 464 g/mol. The Hall–Kier alpha value is -3.31. The molecule has 3 aromatic rings. The predicted octanol–water partition coefficient (Wildman–Crippen LogP) is 3.08. The van der Waals surface area contributed by atoms with Gasteiger partial charge < -0.3 is 10.2 Å². The molecule has 0 atom stereocenters. The number of benzene rings is 2. The van der Waals surface area contributed by atoms with Gasteiger partial charge in [-0.05, 0) is 43.2 Å². The van der Waals surface area contributed by atoms with Crippen LogP contribution in [0.1, 0.15) is 21.5 Å². The monoisotopic (exact) mass is 489 g/mol. The number of carbonyl (C=O) groups is 1. The SMILES string of the molecule is Cc1cccc(N2CCN(S(=O)(=O)c3nn(C)cc3C(=O)Nc3cc(F)cc(F)c3)CC2)c1C. The molecule has 1 saturated heterocycles. The highest BCUT2D eigenvalue weighted by Gasteiger charge is 2.35. The number of sulfonamides is 1. The van der Waals surface area contributed by atoms with Crippen molar-refractivity contribution in [1.29, 1.82) is 0 Å². The minimum Gasteiger partial charge on any atom is -0.369 e. The summed E-state index contributed by atoms with van der Waals surface area (Å²) in [5.74, 6) is -2.56. The number of amides is 1. The molecule has 1 aliphatic heterocycles. The first kappa shape index (κ1) is 23.8. The molecule has 2 aromatic carbocycles. The second-order valence-corrected chi connectivity index (χ2v) is 10.1. The number of carbonyl (C=O) groups excluding carboxylic acids is 1. The van der Waals surface area contributed by atoms with Crippen molar-refractivity contribution in [2.45, 2.75) is 18.9 Å². The van der Waals surface area contributed by atoms with E-state index in [2.05, 4.69) is 15.3 Å². The predicted molar refractivity (Wildman–Crippen MR) is 124 cm³/mol. The summed E-state index contributed by atoms with van der Waals surface area (Å²) in [6.45, 7) is 5.49. The Balaban J connectivity index is 1.54. The Labute approximate surface area is 196 Å². The van der Waals surface area contributed by atoms with Crippen LogP contribution in [0.5, 0.6) is 0 Å². The molecule has 0 radical (unpaired) electrons. The second-order valence-electron chi connectivity index (χ2n) is 8.24. The molecule has 4 rings (SSSR count). The van der Waals surface area contributed by atoms with Gasteiger partial charge in [-0.2, -0.15) is 9.40 Å². The van der Waals surface area contributed by atoms with Crippen LogP contribution in [0.2, 0.25) is 0 Å². The zero-order valence-electron chi connectivity index (χ0n) is 19.0. The number of hydrogen-bond acceptors (Lipinski definition) is 5. The van der Waals surface area contributed by atoms with E-state index in [0.717, 1.165) is 28.9 Å². The van der Waals surface area contributed by atoms with Crippen LogP contribution in [0.25, 0.3) is 0 Å². The Morgan fingerprint density at radius 3 is 2.32 bits per heavy atom. The fourth-order valence-corrected chi connectivity index (χ4v) is 5.55. The maximum atomic E-state index is 13.5. The third-order valence-corrected chi connectivity index (χ3v) is 7.73. The lowest BCUT2D eigenvalue weighted by molar-refractivity contribution is 0.102. The first-order chi connectivity index (χ1) is 16.1. The molecule has 0 aliphatic carbocycles. The number of nitrogens with zero attached hydrogens (tertiary/aromatic N) is 4. The van der Waals surface area contributed by atoms with Gasteiger partial charge in [0.05, 0.1) is 5.56 Å². The highest BCUT2D eigenvalue weighted by Crippen LogP contribution is 2.26. The summed E-state index contributed by atoms with van der Waals surface area (Å²) < 4.78 is 56.3. The zero-order valence-corrected chi connectivity index (χ0v) is 19.9. The molecule has 0 spiro atoms. The quantitative estimate of drug-likeness (QED) is 0.595. The standard InChI is InChI=1S/C23H25F2N5O3S/c1-15-5-4-6-21(16(15)2)29-7-9-30(10-8-29)34(32,33)23-20(14-28(3)27-23)22(31)26-19-12-17(24)11-18(25)13-19/h4-6,11-14H,7-10H2,1-3H3,(H,26,31). The maximum absolute atomic E-state index is 13.5. The molecule has 1 N–H and O–H groups in total. The number of anilines is 2. The van der Waals surface area contributed by atoms with Crippen molar-refractivity contribution in [3.63, 3.8) is 0 Å². The molecule has 1 aromatic heterocycles. The van der Waals surface area contributed by atoms with E-state index in [1.54, 1.807) is 0 Å². The van der Waals surface area contributed by atoms with Gasteiger partial charge in [0, 0.05) is 56.9 Å². The van der Waals surface area contributed by atoms with Crippen molar-refractivity contribution >= 4 is 27.3 Å². The van der Waals surface area contributed by atoms with Crippen LogP contribution in [0.3, 0.4) is 0 Å². The van der Waals surface area contributed by atoms with Gasteiger partial charge in [0.1, 0.15) is 11.6 Å². The van der Waals surface area contributed by atoms with E-state index in [-0.39, 0.29) is 24.3 Å². The largest absolute Gasteiger partial charge is 0.369 e. The van der Waals surface area contributed by atoms with Gasteiger partial charge in [0.2, 0.25) is 5.03 Å². The Kier molecular flexibility index (Phi) is 6.41. The number of rotatable bonds is 5. The van der Waals surface area contributed by atoms with Crippen LogP contribution in [0.4, 0.5) is 20.2 Å². The molecule has 8 nitrogen and oxygen atoms in total. The third kappa shape index (κ3) is 4.66. The van der Waals surface area contributed by atoms with Crippen molar-refractivity contribution in [3.05, 3.63) is 70.9 Å². The van der Waals surface area contributed by atoms with Gasteiger partial charge in [-0.25, -0.2) is 17.2 Å². The van der Waals surface area contributed by atoms with E-state index in [9.17, 15) is 22.0 Å². The molecule has 0 bridgehead atoms. The average molecular weight is 490 g/mol. The van der Waals surface area contributed by atoms with Crippen LogP contribution in [-0.2, 0) is 17.1 Å². The first-order valence-electron chi connectivity index (χ1n) is 10.7. The van der Waals surface area contributed by atoms with Gasteiger partial charge in [-0.15, -0.1) is 0 Å². The molecule has 1 amide bonds. The van der Waals surface area contributed by atoms with Crippen LogP contribution in [0.15, 0.2) is 47.6 Å². The van der Waals surface area contributed by atoms with E-state index in [1.165, 1.54) is 22.2 Å². The molecule has 0 unspecified atom stereocenters. The third-order valence-electron chi connectivity index (χ3n) is 5.90.